The van der Waals surface area contributed by atoms with Crippen molar-refractivity contribution < 1.29 is 38.4 Å². The van der Waals surface area contributed by atoms with Crippen LogP contribution in [0.25, 0.3) is 10.9 Å². The Hall–Kier alpha value is -5.52. The Bertz CT molecular complexity index is 1950. The molecule has 13 N–H and O–H groups in total. The third-order valence-corrected chi connectivity index (χ3v) is 12.5. The van der Waals surface area contributed by atoms with Crippen molar-refractivity contribution in [3.05, 3.63) is 36.0 Å². The van der Waals surface area contributed by atoms with Crippen molar-refractivity contribution in [2.75, 3.05) is 6.54 Å². The van der Waals surface area contributed by atoms with Gasteiger partial charge in [0.05, 0.1) is 0 Å². The van der Waals surface area contributed by atoms with Gasteiger partial charge in [0.1, 0.15) is 36.3 Å². The van der Waals surface area contributed by atoms with Crippen molar-refractivity contribution in [3.63, 3.8) is 0 Å². The highest BCUT2D eigenvalue weighted by Crippen LogP contribution is 2.20. The van der Waals surface area contributed by atoms with E-state index in [-0.39, 0.29) is 56.3 Å². The summed E-state index contributed by atoms with van der Waals surface area (Å²) in [5, 5.41) is 17.3. The molecule has 0 aliphatic heterocycles. The SMILES string of the molecule is CCCCCCCCCCCCCC(=O)N[C@H](C(=O)N[C@@H](CC(C)C)C(=O)N[C@@H](CCC(N)=O)C(=O)N[C@@H](Cc1c[nH]c2ccccc12)C(=O)N[C@H](C(=O)N[C@@H](CCCCN)C(N)=O)C(C)C)C(C)C. The molecular formula is C52H88N10O8. The van der Waals surface area contributed by atoms with Gasteiger partial charge in [-0.1, -0.05) is 131 Å². The van der Waals surface area contributed by atoms with Gasteiger partial charge in [-0.3, -0.25) is 38.4 Å². The number of amides is 8. The second-order valence-corrected chi connectivity index (χ2v) is 19.9. The fourth-order valence-corrected chi connectivity index (χ4v) is 8.35. The molecule has 6 atom stereocenters. The Labute approximate surface area is 416 Å². The average Bonchev–Trinajstić information content (AvgIpc) is 3.71. The number of aromatic nitrogens is 1. The number of carbonyl (C=O) groups is 8. The number of aromatic amines is 1. The first kappa shape index (κ1) is 60.6. The summed E-state index contributed by atoms with van der Waals surface area (Å²) in [6, 6.07) is 0.425. The summed E-state index contributed by atoms with van der Waals surface area (Å²) < 4.78 is 0. The second kappa shape index (κ2) is 33.1. The van der Waals surface area contributed by atoms with Gasteiger partial charge in [0.15, 0.2) is 0 Å². The van der Waals surface area contributed by atoms with Crippen molar-refractivity contribution in [2.24, 2.45) is 35.0 Å². The standard InChI is InChI=1S/C52H88N10O8/c1-8-9-10-11-12-13-14-15-16-17-18-26-44(64)61-45(34(4)5)51(69)60-41(30-33(2)3)49(67)58-40(27-28-43(54)63)48(66)59-42(31-36-32-56-38-24-20-19-23-37(36)38)50(68)62-46(35(6)7)52(70)57-39(47(55)65)25-21-22-29-53/h19-20,23-24,32-35,39-42,45-46,56H,8-18,21-22,25-31,53H2,1-7H3,(H2,54,63)(H2,55,65)(H,57,70)(H,58,67)(H,59,66)(H,60,69)(H,61,64)(H,62,68)/t39-,40-,41-,42-,45-,46-/m0/s1. The predicted molar refractivity (Wildman–Crippen MR) is 274 cm³/mol. The maximum Gasteiger partial charge on any atom is 0.243 e. The van der Waals surface area contributed by atoms with Gasteiger partial charge in [-0.05, 0) is 74.5 Å². The predicted octanol–water partition coefficient (Wildman–Crippen LogP) is 4.56. The van der Waals surface area contributed by atoms with Crippen molar-refractivity contribution in [2.45, 2.75) is 207 Å². The molecule has 70 heavy (non-hydrogen) atoms. The Kier molecular flexibility index (Phi) is 28.7. The number of rotatable bonds is 37. The normalized spacial score (nSPS) is 14.0. The summed E-state index contributed by atoms with van der Waals surface area (Å²) in [5.74, 6) is -6.09. The zero-order chi connectivity index (χ0) is 52.2. The van der Waals surface area contributed by atoms with Gasteiger partial charge in [0.2, 0.25) is 47.3 Å². The Morgan fingerprint density at radius 2 is 1.06 bits per heavy atom. The topological polar surface area (TPSA) is 303 Å². The number of benzene rings is 1. The first-order chi connectivity index (χ1) is 33.3. The number of carbonyl (C=O) groups excluding carboxylic acids is 8. The quantitative estimate of drug-likeness (QED) is 0.0424. The molecule has 18 nitrogen and oxygen atoms in total. The second-order valence-electron chi connectivity index (χ2n) is 19.9. The first-order valence-corrected chi connectivity index (χ1v) is 25.9. The molecule has 0 unspecified atom stereocenters. The fraction of sp³-hybridized carbons (Fsp3) is 0.692. The van der Waals surface area contributed by atoms with Gasteiger partial charge in [0.25, 0.3) is 0 Å². The third kappa shape index (κ3) is 22.9. The zero-order valence-electron chi connectivity index (χ0n) is 43.2. The fourth-order valence-electron chi connectivity index (χ4n) is 8.35. The molecule has 0 radical (unpaired) electrons. The molecule has 0 fully saturated rings. The van der Waals surface area contributed by atoms with E-state index in [0.29, 0.717) is 31.4 Å². The Morgan fingerprint density at radius 3 is 1.61 bits per heavy atom. The van der Waals surface area contributed by atoms with Gasteiger partial charge in [-0.25, -0.2) is 0 Å². The van der Waals surface area contributed by atoms with Crippen LogP contribution in [0.1, 0.15) is 170 Å². The molecule has 0 saturated carbocycles. The van der Waals surface area contributed by atoms with Crippen LogP contribution in [-0.2, 0) is 44.8 Å². The van der Waals surface area contributed by atoms with Gasteiger partial charge in [0, 0.05) is 36.4 Å². The van der Waals surface area contributed by atoms with Crippen LogP contribution in [-0.4, -0.2) is 95.0 Å². The monoisotopic (exact) mass is 981 g/mol. The molecule has 1 heterocycles. The lowest BCUT2D eigenvalue weighted by Crippen LogP contribution is -2.61. The van der Waals surface area contributed by atoms with Crippen LogP contribution in [0.2, 0.25) is 0 Å². The first-order valence-electron chi connectivity index (χ1n) is 25.9. The molecule has 0 saturated heterocycles. The van der Waals surface area contributed by atoms with Crippen molar-refractivity contribution >= 4 is 58.2 Å². The lowest BCUT2D eigenvalue weighted by Gasteiger charge is -2.29. The lowest BCUT2D eigenvalue weighted by atomic mass is 9.98. The molecule has 8 amide bonds. The van der Waals surface area contributed by atoms with Crippen LogP contribution in [0, 0.1) is 17.8 Å². The van der Waals surface area contributed by atoms with Crippen LogP contribution in [0.4, 0.5) is 0 Å². The summed E-state index contributed by atoms with van der Waals surface area (Å²) in [6.07, 6.45) is 15.6. The van der Waals surface area contributed by atoms with E-state index in [4.69, 9.17) is 17.2 Å². The van der Waals surface area contributed by atoms with Crippen LogP contribution >= 0.6 is 0 Å². The van der Waals surface area contributed by atoms with E-state index in [1.54, 1.807) is 33.9 Å². The maximum atomic E-state index is 14.4. The summed E-state index contributed by atoms with van der Waals surface area (Å²) in [6.45, 7) is 13.4. The lowest BCUT2D eigenvalue weighted by molar-refractivity contribution is -0.136. The largest absolute Gasteiger partial charge is 0.370 e. The number of hydrogen-bond donors (Lipinski definition) is 10. The minimum atomic E-state index is -1.40. The number of nitrogens with one attached hydrogen (secondary N) is 7. The summed E-state index contributed by atoms with van der Waals surface area (Å²) in [5.41, 5.74) is 18.2. The van der Waals surface area contributed by atoms with Crippen LogP contribution < -0.4 is 49.1 Å². The molecule has 0 aliphatic carbocycles. The van der Waals surface area contributed by atoms with Crippen LogP contribution in [0.5, 0.6) is 0 Å². The van der Waals surface area contributed by atoms with Crippen molar-refractivity contribution in [1.82, 2.24) is 36.9 Å². The number of hydrogen-bond acceptors (Lipinski definition) is 9. The van der Waals surface area contributed by atoms with Gasteiger partial charge < -0.3 is 54.1 Å². The molecule has 18 heteroatoms. The number of H-pyrrole nitrogens is 1. The molecule has 0 spiro atoms. The van der Waals surface area contributed by atoms with Gasteiger partial charge in [-0.2, -0.15) is 0 Å². The minimum Gasteiger partial charge on any atom is -0.370 e. The van der Waals surface area contributed by atoms with Gasteiger partial charge in [-0.15, -0.1) is 0 Å². The molecule has 2 aromatic rings. The smallest absolute Gasteiger partial charge is 0.243 e. The number of nitrogens with two attached hydrogens (primary N) is 3. The van der Waals surface area contributed by atoms with Crippen LogP contribution in [0.15, 0.2) is 30.5 Å². The number of fused-ring (bicyclic) bond motifs is 1. The van der Waals surface area contributed by atoms with E-state index in [1.165, 1.54) is 44.9 Å². The number of para-hydroxylation sites is 1. The molecule has 394 valence electrons. The van der Waals surface area contributed by atoms with E-state index >= 15 is 0 Å². The number of primary amides is 2. The zero-order valence-corrected chi connectivity index (χ0v) is 43.2. The highest BCUT2D eigenvalue weighted by molar-refractivity contribution is 5.97. The minimum absolute atomic E-state index is 0.0545. The van der Waals surface area contributed by atoms with E-state index in [1.807, 2.05) is 38.1 Å². The number of unbranched alkanes of at least 4 members (excludes halogenated alkanes) is 11. The van der Waals surface area contributed by atoms with Crippen molar-refractivity contribution in [1.29, 1.82) is 0 Å². The van der Waals surface area contributed by atoms with E-state index in [2.05, 4.69) is 43.8 Å². The molecule has 2 rings (SSSR count). The average molecular weight is 981 g/mol. The molecule has 0 aliphatic rings. The molecular weight excluding hydrogens is 893 g/mol. The Morgan fingerprint density at radius 1 is 0.543 bits per heavy atom. The summed E-state index contributed by atoms with van der Waals surface area (Å²) >= 11 is 0. The molecule has 1 aromatic carbocycles. The highest BCUT2D eigenvalue weighted by Gasteiger charge is 2.35. The molecule has 0 bridgehead atoms. The molecule has 1 aromatic heterocycles. The van der Waals surface area contributed by atoms with E-state index in [9.17, 15) is 38.4 Å². The van der Waals surface area contributed by atoms with Crippen LogP contribution in [0.3, 0.4) is 0 Å². The van der Waals surface area contributed by atoms with E-state index in [0.717, 1.165) is 30.2 Å². The maximum absolute atomic E-state index is 14.4. The van der Waals surface area contributed by atoms with Gasteiger partial charge >= 0.3 is 0 Å². The highest BCUT2D eigenvalue weighted by atomic mass is 16.2. The van der Waals surface area contributed by atoms with E-state index < -0.39 is 83.5 Å². The summed E-state index contributed by atoms with van der Waals surface area (Å²) in [7, 11) is 0. The third-order valence-electron chi connectivity index (χ3n) is 12.5. The Balaban J connectivity index is 2.29. The van der Waals surface area contributed by atoms with Crippen molar-refractivity contribution in [3.8, 4) is 0 Å². The summed E-state index contributed by atoms with van der Waals surface area (Å²) in [4.78, 5) is 111.